The average Bonchev–Trinajstić information content (AvgIpc) is 3.49. The molecular weight excluding hydrogens is 569 g/mol. The molecule has 0 atom stereocenters. The summed E-state index contributed by atoms with van der Waals surface area (Å²) in [4.78, 5) is 5.97. The van der Waals surface area contributed by atoms with Crippen LogP contribution in [0, 0.1) is 6.92 Å². The first-order valence-electron chi connectivity index (χ1n) is 16.2. The second kappa shape index (κ2) is 11.0. The van der Waals surface area contributed by atoms with Crippen LogP contribution in [0.3, 0.4) is 0 Å². The van der Waals surface area contributed by atoms with Gasteiger partial charge >= 0.3 is 0 Å². The molecule has 9 rings (SSSR count). The van der Waals surface area contributed by atoms with E-state index in [2.05, 4.69) is 187 Å². The first-order valence-corrected chi connectivity index (χ1v) is 16.2. The molecule has 0 amide bonds. The summed E-state index contributed by atoms with van der Waals surface area (Å²) >= 11 is 0. The van der Waals surface area contributed by atoms with Crippen molar-refractivity contribution in [1.29, 1.82) is 0 Å². The molecule has 1 heterocycles. The van der Waals surface area contributed by atoms with E-state index in [4.69, 9.17) is 0 Å². The predicted molar refractivity (Wildman–Crippen MR) is 201 cm³/mol. The highest BCUT2D eigenvalue weighted by Gasteiger charge is 2.16. The number of anilines is 3. The summed E-state index contributed by atoms with van der Waals surface area (Å²) in [6.45, 7) is 2.16. The van der Waals surface area contributed by atoms with Crippen LogP contribution in [0.15, 0.2) is 170 Å². The molecule has 9 aromatic rings. The minimum atomic E-state index is 1.11. The summed E-state index contributed by atoms with van der Waals surface area (Å²) < 4.78 is 0. The van der Waals surface area contributed by atoms with Crippen molar-refractivity contribution in [3.8, 4) is 22.3 Å². The lowest BCUT2D eigenvalue weighted by Crippen LogP contribution is -2.09. The van der Waals surface area contributed by atoms with Crippen molar-refractivity contribution in [3.63, 3.8) is 0 Å². The molecule has 47 heavy (non-hydrogen) atoms. The lowest BCUT2D eigenvalue weighted by molar-refractivity contribution is 1.29. The number of benzene rings is 8. The minimum Gasteiger partial charge on any atom is -0.355 e. The van der Waals surface area contributed by atoms with Crippen molar-refractivity contribution in [2.45, 2.75) is 6.92 Å². The topological polar surface area (TPSA) is 19.0 Å². The Morgan fingerprint density at radius 1 is 0.362 bits per heavy atom. The van der Waals surface area contributed by atoms with Crippen LogP contribution < -0.4 is 4.90 Å². The molecular formula is C45H32N2. The number of H-pyrrole nitrogens is 1. The van der Waals surface area contributed by atoms with Crippen molar-refractivity contribution in [3.05, 3.63) is 175 Å². The zero-order valence-electron chi connectivity index (χ0n) is 26.1. The third kappa shape index (κ3) is 4.92. The second-order valence-corrected chi connectivity index (χ2v) is 12.5. The van der Waals surface area contributed by atoms with Crippen LogP contribution in [0.2, 0.25) is 0 Å². The lowest BCUT2D eigenvalue weighted by Gasteiger charge is -2.26. The Balaban J connectivity index is 1.15. The Labute approximate surface area is 274 Å². The maximum atomic E-state index is 3.61. The van der Waals surface area contributed by atoms with E-state index >= 15 is 0 Å². The summed E-state index contributed by atoms with van der Waals surface area (Å²) in [5.41, 5.74) is 11.8. The molecule has 0 bridgehead atoms. The van der Waals surface area contributed by atoms with Crippen LogP contribution in [-0.2, 0) is 0 Å². The third-order valence-electron chi connectivity index (χ3n) is 9.41. The number of rotatable bonds is 5. The Hall–Kier alpha value is -6.12. The number of fused-ring (bicyclic) bond motifs is 5. The molecule has 0 fully saturated rings. The molecule has 1 aromatic heterocycles. The molecule has 0 aliphatic rings. The van der Waals surface area contributed by atoms with Crippen LogP contribution in [0.1, 0.15) is 5.56 Å². The fourth-order valence-electron chi connectivity index (χ4n) is 6.93. The fourth-order valence-corrected chi connectivity index (χ4v) is 6.93. The van der Waals surface area contributed by atoms with Gasteiger partial charge in [0.15, 0.2) is 0 Å². The Kier molecular flexibility index (Phi) is 6.39. The lowest BCUT2D eigenvalue weighted by atomic mass is 10.00. The third-order valence-corrected chi connectivity index (χ3v) is 9.41. The van der Waals surface area contributed by atoms with E-state index in [9.17, 15) is 0 Å². The van der Waals surface area contributed by atoms with Crippen LogP contribution in [0.5, 0.6) is 0 Å². The molecule has 0 spiro atoms. The number of hydrogen-bond acceptors (Lipinski definition) is 1. The highest BCUT2D eigenvalue weighted by Crippen LogP contribution is 2.39. The minimum absolute atomic E-state index is 1.11. The number of aryl methyl sites for hydroxylation is 1. The SMILES string of the molecule is Cc1ccc2[nH]c3ccc(N(c4ccc(-c5ccc6ccccc6c5)cc4)c4ccc(-c5ccc6ccccc6c5)cc4)cc3c2c1. The van der Waals surface area contributed by atoms with Crippen molar-refractivity contribution in [2.24, 2.45) is 0 Å². The maximum Gasteiger partial charge on any atom is 0.0469 e. The molecule has 222 valence electrons. The van der Waals surface area contributed by atoms with Gasteiger partial charge in [0.25, 0.3) is 0 Å². The first-order chi connectivity index (χ1) is 23.2. The fraction of sp³-hybridized carbons (Fsp3) is 0.0222. The van der Waals surface area contributed by atoms with Gasteiger partial charge in [-0.1, -0.05) is 109 Å². The molecule has 1 N–H and O–H groups in total. The van der Waals surface area contributed by atoms with E-state index in [1.54, 1.807) is 0 Å². The van der Waals surface area contributed by atoms with Crippen molar-refractivity contribution in [2.75, 3.05) is 4.90 Å². The van der Waals surface area contributed by atoms with E-state index in [0.29, 0.717) is 0 Å². The number of hydrogen-bond donors (Lipinski definition) is 1. The van der Waals surface area contributed by atoms with Gasteiger partial charge < -0.3 is 9.88 Å². The summed E-state index contributed by atoms with van der Waals surface area (Å²) in [5.74, 6) is 0. The van der Waals surface area contributed by atoms with Crippen molar-refractivity contribution in [1.82, 2.24) is 4.98 Å². The maximum absolute atomic E-state index is 3.61. The van der Waals surface area contributed by atoms with Crippen LogP contribution >= 0.6 is 0 Å². The number of nitrogens with zero attached hydrogens (tertiary/aromatic N) is 1. The predicted octanol–water partition coefficient (Wildman–Crippen LogP) is 12.7. The van der Waals surface area contributed by atoms with E-state index in [-0.39, 0.29) is 0 Å². The van der Waals surface area contributed by atoms with Gasteiger partial charge in [-0.3, -0.25) is 0 Å². The molecule has 0 radical (unpaired) electrons. The van der Waals surface area contributed by atoms with E-state index in [1.807, 2.05) is 0 Å². The van der Waals surface area contributed by atoms with Gasteiger partial charge in [-0.05, 0) is 117 Å². The zero-order valence-corrected chi connectivity index (χ0v) is 26.1. The van der Waals surface area contributed by atoms with Crippen molar-refractivity contribution >= 4 is 60.4 Å². The highest BCUT2D eigenvalue weighted by atomic mass is 15.1. The summed E-state index contributed by atoms with van der Waals surface area (Å²) in [6, 6.07) is 61.8. The molecule has 0 aliphatic carbocycles. The van der Waals surface area contributed by atoms with Gasteiger partial charge in [-0.2, -0.15) is 0 Å². The quantitative estimate of drug-likeness (QED) is 0.208. The first kappa shape index (κ1) is 27.2. The van der Waals surface area contributed by atoms with Gasteiger partial charge in [0.2, 0.25) is 0 Å². The number of aromatic nitrogens is 1. The van der Waals surface area contributed by atoms with Gasteiger partial charge in [0.05, 0.1) is 0 Å². The van der Waals surface area contributed by atoms with Gasteiger partial charge in [-0.15, -0.1) is 0 Å². The van der Waals surface area contributed by atoms with E-state index < -0.39 is 0 Å². The monoisotopic (exact) mass is 600 g/mol. The van der Waals surface area contributed by atoms with Crippen LogP contribution in [-0.4, -0.2) is 4.98 Å². The van der Waals surface area contributed by atoms with Gasteiger partial charge in [0, 0.05) is 38.9 Å². The Morgan fingerprint density at radius 2 is 0.809 bits per heavy atom. The van der Waals surface area contributed by atoms with E-state index in [0.717, 1.165) is 28.1 Å². The average molecular weight is 601 g/mol. The second-order valence-electron chi connectivity index (χ2n) is 12.5. The van der Waals surface area contributed by atoms with Gasteiger partial charge in [0.1, 0.15) is 0 Å². The van der Waals surface area contributed by atoms with Gasteiger partial charge in [-0.25, -0.2) is 0 Å². The molecule has 0 saturated carbocycles. The molecule has 2 heteroatoms. The number of nitrogens with one attached hydrogen (secondary N) is 1. The Bertz CT molecular complexity index is 2450. The number of aromatic amines is 1. The molecule has 0 saturated heterocycles. The largest absolute Gasteiger partial charge is 0.355 e. The van der Waals surface area contributed by atoms with E-state index in [1.165, 1.54) is 60.1 Å². The summed E-state index contributed by atoms with van der Waals surface area (Å²) in [5, 5.41) is 7.50. The summed E-state index contributed by atoms with van der Waals surface area (Å²) in [7, 11) is 0. The van der Waals surface area contributed by atoms with Crippen LogP contribution in [0.4, 0.5) is 17.1 Å². The highest BCUT2D eigenvalue weighted by molar-refractivity contribution is 6.09. The molecule has 0 unspecified atom stereocenters. The Morgan fingerprint density at radius 3 is 1.36 bits per heavy atom. The normalized spacial score (nSPS) is 11.5. The van der Waals surface area contributed by atoms with Crippen LogP contribution in [0.25, 0.3) is 65.6 Å². The zero-order chi connectivity index (χ0) is 31.3. The summed E-state index contributed by atoms with van der Waals surface area (Å²) in [6.07, 6.45) is 0. The molecule has 2 nitrogen and oxygen atoms in total. The molecule has 0 aliphatic heterocycles. The molecule has 8 aromatic carbocycles. The van der Waals surface area contributed by atoms with Crippen molar-refractivity contribution < 1.29 is 0 Å². The standard InChI is InChI=1S/C45H32N2/c1-30-10-24-44-42(26-30)43-29-41(23-25-45(43)46-44)47(39-19-15-33(16-20-39)37-13-11-31-6-2-4-8-35(31)27-37)40-21-17-34(18-22-40)38-14-12-32-7-3-5-9-36(32)28-38/h2-29,46H,1H3. The smallest absolute Gasteiger partial charge is 0.0469 e.